The Labute approximate surface area is 409 Å². The van der Waals surface area contributed by atoms with Crippen LogP contribution in [0.25, 0.3) is 0 Å². The Bertz CT molecular complexity index is 2090. The van der Waals surface area contributed by atoms with Crippen LogP contribution in [-0.2, 0) is 136 Å². The van der Waals surface area contributed by atoms with Gasteiger partial charge in [-0.05, 0) is 0 Å². The summed E-state index contributed by atoms with van der Waals surface area (Å²) in [4.78, 5) is 0. The summed E-state index contributed by atoms with van der Waals surface area (Å²) >= 11 is 0. The van der Waals surface area contributed by atoms with Gasteiger partial charge in [0.1, 0.15) is 0 Å². The van der Waals surface area contributed by atoms with Gasteiger partial charge in [-0.25, -0.2) is 27.4 Å². The minimum absolute atomic E-state index is 0.151. The minimum atomic E-state index is -4.55. The number of phosphoric ester groups is 6. The molecule has 42 heteroatoms. The number of fused-ring (bicyclic) bond motifs is 18. The van der Waals surface area contributed by atoms with Crippen LogP contribution in [0.1, 0.15) is 0 Å². The lowest BCUT2D eigenvalue weighted by Gasteiger charge is -2.47. The molecule has 19 aliphatic heterocycles. The third-order valence-corrected chi connectivity index (χ3v) is 29.7. The lowest BCUT2D eigenvalue weighted by molar-refractivity contribution is -0.117. The molecule has 0 aromatic rings. The molecule has 19 aliphatic rings. The van der Waals surface area contributed by atoms with E-state index in [0.717, 1.165) is 0 Å². The third-order valence-electron chi connectivity index (χ3n) is 13.4. The van der Waals surface area contributed by atoms with Crippen LogP contribution in [0.4, 0.5) is 0 Å². The van der Waals surface area contributed by atoms with Gasteiger partial charge in [-0.2, -0.15) is 0 Å². The van der Waals surface area contributed by atoms with Crippen molar-refractivity contribution in [3.8, 4) is 0 Å². The van der Waals surface area contributed by atoms with Crippen LogP contribution < -0.4 is 0 Å². The summed E-state index contributed by atoms with van der Waals surface area (Å²) in [6.45, 7) is -4.94. The van der Waals surface area contributed by atoms with Crippen LogP contribution >= 0.6 is 69.9 Å². The second-order valence-electron chi connectivity index (χ2n) is 20.0. The van der Waals surface area contributed by atoms with Crippen LogP contribution in [0.2, 0.25) is 0 Å². The molecule has 0 aromatic heterocycles. The van der Waals surface area contributed by atoms with E-state index in [1.54, 1.807) is 0 Å². The number of phosphoric acid groups is 6. The molecule has 18 fully saturated rings. The zero-order valence-corrected chi connectivity index (χ0v) is 45.6. The van der Waals surface area contributed by atoms with Gasteiger partial charge in [0.15, 0.2) is 0 Å². The molecule has 0 amide bonds. The Morgan fingerprint density at radius 2 is 0.347 bits per heavy atom. The Morgan fingerprint density at radius 1 is 0.236 bits per heavy atom. The fourth-order valence-electron chi connectivity index (χ4n) is 8.29. The molecule has 0 aliphatic carbocycles. The average molecular weight is 1210 g/mol. The van der Waals surface area contributed by atoms with Crippen molar-refractivity contribution in [3.63, 3.8) is 0 Å². The molecule has 408 valence electrons. The Balaban J connectivity index is 0.961. The maximum Gasteiger partial charge on any atom is 0.474 e. The summed E-state index contributed by atoms with van der Waals surface area (Å²) in [6, 6.07) is 0. The molecule has 0 unspecified atom stereocenters. The predicted molar refractivity (Wildman–Crippen MR) is 231 cm³/mol. The monoisotopic (exact) mass is 1210 g/mol. The van der Waals surface area contributed by atoms with E-state index in [4.69, 9.17) is 122 Å². The number of hydrogen-bond donors (Lipinski definition) is 0. The summed E-state index contributed by atoms with van der Waals surface area (Å²) < 4.78 is 234. The molecule has 18 saturated heterocycles. The van der Waals surface area contributed by atoms with Crippen LogP contribution in [-0.4, -0.2) is 159 Å². The highest BCUT2D eigenvalue weighted by atomic mass is 31.3. The second kappa shape index (κ2) is 18.1. The number of rotatable bonds is 18. The van der Waals surface area contributed by atoms with Gasteiger partial charge in [-0.3, -0.25) is 81.4 Å². The zero-order chi connectivity index (χ0) is 49.6. The van der Waals surface area contributed by atoms with Crippen LogP contribution in [0.5, 0.6) is 0 Å². The zero-order valence-electron chi connectivity index (χ0n) is 37.6. The van der Waals surface area contributed by atoms with Crippen molar-refractivity contribution in [2.24, 2.45) is 46.0 Å². The third kappa shape index (κ3) is 9.98. The number of nitrogens with zero attached hydrogens (tertiary/aromatic N) is 3. The van der Waals surface area contributed by atoms with Gasteiger partial charge in [0, 0.05) is 0 Å². The Morgan fingerprint density at radius 3 is 0.458 bits per heavy atom. The first-order valence-corrected chi connectivity index (χ1v) is 35.4. The molecule has 0 aromatic carbocycles. The van der Waals surface area contributed by atoms with Gasteiger partial charge in [-0.15, -0.1) is 13.5 Å². The van der Waals surface area contributed by atoms with E-state index in [9.17, 15) is 27.4 Å². The fraction of sp³-hybridized carbons (Fsp3) is 1.00. The molecule has 0 radical (unpaired) electrons. The maximum atomic E-state index is 12.9. The van der Waals surface area contributed by atoms with E-state index in [1.807, 2.05) is 0 Å². The van der Waals surface area contributed by atoms with E-state index in [1.165, 1.54) is 0 Å². The number of hydrogen-bond acceptors (Lipinski definition) is 33. The van der Waals surface area contributed by atoms with Gasteiger partial charge in [0.05, 0.1) is 191 Å². The molecule has 33 nitrogen and oxygen atoms in total. The molecule has 72 heavy (non-hydrogen) atoms. The molecular weight excluding hydrogens is 1160 g/mol. The Kier molecular flexibility index (Phi) is 13.2. The highest BCUT2D eigenvalue weighted by molar-refractivity contribution is 7.78. The maximum absolute atomic E-state index is 12.9. The van der Waals surface area contributed by atoms with Gasteiger partial charge >= 0.3 is 69.9 Å². The largest absolute Gasteiger partial charge is 0.474 e. The van der Waals surface area contributed by atoms with E-state index >= 15 is 0 Å². The SMILES string of the molecule is O=P12OCC(COP3(OCC45COP(=O)(OC4)OC5)=NP(OCC45COP(=O)(OC4)OC5)(OCC45COP(=O)(OC4)OC5)=NP(OCC45COP(=O)(OC4)OC5)(OCC45COP(=O)(OC4)OC5)=N3)(CO1)CO2. The first-order valence-electron chi connectivity index (χ1n) is 22.1. The molecule has 0 atom stereocenters. The highest BCUT2D eigenvalue weighted by Gasteiger charge is 2.60. The van der Waals surface area contributed by atoms with Crippen molar-refractivity contribution in [1.82, 2.24) is 0 Å². The normalized spacial score (nSPS) is 54.8. The molecule has 19 rings (SSSR count). The van der Waals surface area contributed by atoms with E-state index < -0.39 is 102 Å². The average Bonchev–Trinajstić information content (AvgIpc) is 3.41. The molecule has 0 N–H and O–H groups in total. The quantitative estimate of drug-likeness (QED) is 0.125. The van der Waals surface area contributed by atoms with Gasteiger partial charge in [-0.1, -0.05) is 0 Å². The lowest BCUT2D eigenvalue weighted by atomic mass is 9.93. The predicted octanol–water partition coefficient (Wildman–Crippen LogP) is 6.97. The summed E-state index contributed by atoms with van der Waals surface area (Å²) in [5, 5.41) is 0. The first-order chi connectivity index (χ1) is 34.1. The van der Waals surface area contributed by atoms with Gasteiger partial charge in [0.2, 0.25) is 0 Å². The molecule has 0 spiro atoms. The summed E-state index contributed by atoms with van der Waals surface area (Å²) in [6.07, 6.45) is 0. The molecular formula is C30H48N3O30P9. The summed E-state index contributed by atoms with van der Waals surface area (Å²) in [5.41, 5.74) is -6.82. The fourth-order valence-corrected chi connectivity index (χ4v) is 27.6. The summed E-state index contributed by atoms with van der Waals surface area (Å²) in [5.74, 6) is 0. The van der Waals surface area contributed by atoms with E-state index in [-0.39, 0.29) is 159 Å². The molecule has 19 heterocycles. The van der Waals surface area contributed by atoms with Crippen LogP contribution in [0.15, 0.2) is 13.5 Å². The van der Waals surface area contributed by atoms with Gasteiger partial charge in [0.25, 0.3) is 0 Å². The lowest BCUT2D eigenvalue weighted by Crippen LogP contribution is -2.49. The van der Waals surface area contributed by atoms with Crippen molar-refractivity contribution in [1.29, 1.82) is 0 Å². The van der Waals surface area contributed by atoms with Crippen molar-refractivity contribution in [2.75, 3.05) is 159 Å². The van der Waals surface area contributed by atoms with Crippen molar-refractivity contribution in [2.45, 2.75) is 0 Å². The standard InChI is InChI=1S/C30H48N3O30P9/c34-67-46-7-25(8-47-67,9-48-67)1-40-64(41-2-26-10-49-68(35,50-11-26)51-12-26)31-65(42-3-27-13-52-69(36,53-14-27)54-15-27,43-4-28-16-55-70(37,56-17-28)57-18-28)33-66(32-64,44-5-29-19-58-71(38,59-20-29)60-21-29)45-6-30-22-61-72(39,62-23-30)63-24-30/h1-24H2. The molecule has 0 saturated carbocycles. The summed E-state index contributed by atoms with van der Waals surface area (Å²) in [7, 11) is -36.6. The smallest absolute Gasteiger partial charge is 0.305 e. The van der Waals surface area contributed by atoms with Crippen LogP contribution in [0, 0.1) is 32.5 Å². The highest BCUT2D eigenvalue weighted by Crippen LogP contribution is 2.82. The van der Waals surface area contributed by atoms with Crippen molar-refractivity contribution >= 4 is 69.9 Å². The van der Waals surface area contributed by atoms with Crippen molar-refractivity contribution < 1.29 is 136 Å². The van der Waals surface area contributed by atoms with Crippen molar-refractivity contribution in [3.05, 3.63) is 0 Å². The topological polar surface area (TPSA) is 361 Å². The molecule has 12 bridgehead atoms. The Hall–Kier alpha value is 1.11. The van der Waals surface area contributed by atoms with E-state index in [2.05, 4.69) is 0 Å². The first kappa shape index (κ1) is 52.5. The minimum Gasteiger partial charge on any atom is -0.305 e. The van der Waals surface area contributed by atoms with Crippen LogP contribution in [0.3, 0.4) is 0 Å². The van der Waals surface area contributed by atoms with Gasteiger partial charge < -0.3 is 27.1 Å². The second-order valence-corrected chi connectivity index (χ2v) is 36.6. The van der Waals surface area contributed by atoms with E-state index in [0.29, 0.717) is 0 Å².